The standard InChI is InChI=1S/C41H50N4O9/c1-8-28-17-33(45(4)24-28)23-43-35-22-39(37(50-6)20-31(35)25-46)54-27-30-16-29(26-53-38-21-32(42-9-2)10-11-36(38)49-5)18-34(19-30)52-15-14-44(3)40(47)12-13-41(48)51-7/h8-11,16,18-23,25,33H,12-15,17,24,26-27H2,1-7H3/b28-8+,42-9?,43-23?. The Morgan fingerprint density at radius 2 is 1.57 bits per heavy atom. The van der Waals surface area contributed by atoms with Gasteiger partial charge in [0.05, 0.1) is 45.7 Å². The fourth-order valence-corrected chi connectivity index (χ4v) is 5.75. The summed E-state index contributed by atoms with van der Waals surface area (Å²) in [6.07, 6.45) is 7.39. The van der Waals surface area contributed by atoms with E-state index in [0.29, 0.717) is 46.5 Å². The first-order chi connectivity index (χ1) is 26.1. The Morgan fingerprint density at radius 1 is 0.870 bits per heavy atom. The topological polar surface area (TPSA) is 138 Å². The molecule has 1 unspecified atom stereocenters. The molecule has 1 atom stereocenters. The zero-order chi connectivity index (χ0) is 39.0. The molecular formula is C41H50N4O9. The molecule has 0 spiro atoms. The van der Waals surface area contributed by atoms with Gasteiger partial charge in [0.2, 0.25) is 5.91 Å². The summed E-state index contributed by atoms with van der Waals surface area (Å²) >= 11 is 0. The molecule has 4 rings (SSSR count). The number of rotatable bonds is 19. The van der Waals surface area contributed by atoms with Gasteiger partial charge >= 0.3 is 5.97 Å². The van der Waals surface area contributed by atoms with Crippen LogP contribution in [0.4, 0.5) is 11.4 Å². The van der Waals surface area contributed by atoms with Crippen LogP contribution in [0, 0.1) is 0 Å². The fourth-order valence-electron chi connectivity index (χ4n) is 5.75. The van der Waals surface area contributed by atoms with Crippen LogP contribution < -0.4 is 23.7 Å². The summed E-state index contributed by atoms with van der Waals surface area (Å²) in [6, 6.07) is 14.5. The molecule has 1 aliphatic heterocycles. The van der Waals surface area contributed by atoms with Crippen molar-refractivity contribution in [3.63, 3.8) is 0 Å². The zero-order valence-corrected chi connectivity index (χ0v) is 32.1. The summed E-state index contributed by atoms with van der Waals surface area (Å²) < 4.78 is 34.4. The number of aldehydes is 1. The number of aliphatic imine (C=N–C) groups is 2. The van der Waals surface area contributed by atoms with E-state index in [1.165, 1.54) is 24.7 Å². The molecule has 0 radical (unpaired) electrons. The minimum atomic E-state index is -0.439. The second-order valence-corrected chi connectivity index (χ2v) is 12.6. The van der Waals surface area contributed by atoms with Gasteiger partial charge in [-0.05, 0) is 74.8 Å². The number of hydrogen-bond donors (Lipinski definition) is 0. The average molecular weight is 743 g/mol. The number of amides is 1. The molecule has 1 heterocycles. The van der Waals surface area contributed by atoms with Crippen molar-refractivity contribution in [2.24, 2.45) is 9.98 Å². The maximum atomic E-state index is 12.5. The van der Waals surface area contributed by atoms with Gasteiger partial charge in [0.15, 0.2) is 29.3 Å². The minimum absolute atomic E-state index is 0.0101. The molecule has 288 valence electrons. The number of carbonyl (C=O) groups is 3. The molecule has 3 aromatic rings. The Hall–Kier alpha value is -5.69. The largest absolute Gasteiger partial charge is 0.493 e. The van der Waals surface area contributed by atoms with E-state index in [9.17, 15) is 14.4 Å². The van der Waals surface area contributed by atoms with Crippen LogP contribution in [0.3, 0.4) is 0 Å². The van der Waals surface area contributed by atoms with Gasteiger partial charge in [-0.1, -0.05) is 11.6 Å². The van der Waals surface area contributed by atoms with E-state index in [1.54, 1.807) is 44.6 Å². The first-order valence-corrected chi connectivity index (χ1v) is 17.7. The first-order valence-electron chi connectivity index (χ1n) is 17.7. The lowest BCUT2D eigenvalue weighted by molar-refractivity contribution is -0.143. The number of nitrogens with zero attached hydrogens (tertiary/aromatic N) is 4. The zero-order valence-electron chi connectivity index (χ0n) is 32.1. The number of likely N-dealkylation sites (tertiary alicyclic amines) is 1. The number of methoxy groups -OCH3 is 3. The maximum absolute atomic E-state index is 12.5. The smallest absolute Gasteiger partial charge is 0.306 e. The van der Waals surface area contributed by atoms with Crippen molar-refractivity contribution in [3.8, 4) is 28.7 Å². The summed E-state index contributed by atoms with van der Waals surface area (Å²) in [5.41, 5.74) is 4.48. The van der Waals surface area contributed by atoms with Crippen LogP contribution in [-0.4, -0.2) is 102 Å². The molecule has 0 bridgehead atoms. The van der Waals surface area contributed by atoms with Crippen LogP contribution >= 0.6 is 0 Å². The van der Waals surface area contributed by atoms with E-state index in [4.69, 9.17) is 28.7 Å². The molecular weight excluding hydrogens is 692 g/mol. The molecule has 3 aromatic carbocycles. The Morgan fingerprint density at radius 3 is 2.19 bits per heavy atom. The highest BCUT2D eigenvalue weighted by Crippen LogP contribution is 2.36. The molecule has 13 heteroatoms. The van der Waals surface area contributed by atoms with Crippen molar-refractivity contribution < 1.29 is 42.8 Å². The maximum Gasteiger partial charge on any atom is 0.306 e. The second-order valence-electron chi connectivity index (χ2n) is 12.6. The second kappa shape index (κ2) is 20.5. The van der Waals surface area contributed by atoms with Crippen LogP contribution in [0.25, 0.3) is 0 Å². The summed E-state index contributed by atoms with van der Waals surface area (Å²) in [5, 5.41) is 0. The summed E-state index contributed by atoms with van der Waals surface area (Å²) in [5.74, 6) is 1.80. The number of esters is 1. The minimum Gasteiger partial charge on any atom is -0.493 e. The van der Waals surface area contributed by atoms with Crippen LogP contribution in [0.5, 0.6) is 28.7 Å². The van der Waals surface area contributed by atoms with Crippen molar-refractivity contribution >= 4 is 42.0 Å². The summed E-state index contributed by atoms with van der Waals surface area (Å²) in [6.45, 7) is 5.54. The average Bonchev–Trinajstić information content (AvgIpc) is 3.56. The Balaban J connectivity index is 1.56. The van der Waals surface area contributed by atoms with Gasteiger partial charge in [-0.3, -0.25) is 29.3 Å². The van der Waals surface area contributed by atoms with Crippen molar-refractivity contribution in [2.45, 2.75) is 52.4 Å². The van der Waals surface area contributed by atoms with Crippen LogP contribution in [0.15, 0.2) is 70.2 Å². The van der Waals surface area contributed by atoms with Gasteiger partial charge in [-0.25, -0.2) is 0 Å². The molecule has 0 N–H and O–H groups in total. The van der Waals surface area contributed by atoms with Crippen molar-refractivity contribution in [1.82, 2.24) is 9.80 Å². The molecule has 0 aliphatic carbocycles. The van der Waals surface area contributed by atoms with Gasteiger partial charge in [-0.2, -0.15) is 0 Å². The number of likely N-dealkylation sites (N-methyl/N-ethyl adjacent to an activating group) is 2. The summed E-state index contributed by atoms with van der Waals surface area (Å²) in [4.78, 5) is 48.8. The van der Waals surface area contributed by atoms with Crippen LogP contribution in [0.1, 0.15) is 54.6 Å². The molecule has 1 amide bonds. The lowest BCUT2D eigenvalue weighted by Crippen LogP contribution is -2.31. The molecule has 1 aliphatic rings. The highest BCUT2D eigenvalue weighted by Gasteiger charge is 2.23. The first kappa shape index (κ1) is 41.1. The van der Waals surface area contributed by atoms with Gasteiger partial charge in [0.1, 0.15) is 25.6 Å². The van der Waals surface area contributed by atoms with Crippen molar-refractivity contribution in [2.75, 3.05) is 55.1 Å². The van der Waals surface area contributed by atoms with E-state index in [2.05, 4.69) is 20.7 Å². The van der Waals surface area contributed by atoms with E-state index in [-0.39, 0.29) is 44.6 Å². The van der Waals surface area contributed by atoms with E-state index in [1.807, 2.05) is 51.4 Å². The third kappa shape index (κ3) is 11.7. The lowest BCUT2D eigenvalue weighted by Gasteiger charge is -2.18. The van der Waals surface area contributed by atoms with Crippen LogP contribution in [-0.2, 0) is 27.5 Å². The molecule has 54 heavy (non-hydrogen) atoms. The van der Waals surface area contributed by atoms with Gasteiger partial charge < -0.3 is 33.3 Å². The van der Waals surface area contributed by atoms with Gasteiger partial charge in [0.25, 0.3) is 0 Å². The predicted octanol–water partition coefficient (Wildman–Crippen LogP) is 6.54. The quantitative estimate of drug-likeness (QED) is 0.0576. The Labute approximate surface area is 317 Å². The van der Waals surface area contributed by atoms with Gasteiger partial charge in [-0.15, -0.1) is 0 Å². The Bertz CT molecular complexity index is 1860. The SMILES string of the molecule is CC=Nc1ccc(OC)c(OCc2cc(COc3cc(N=CC4C/C(=C\C)CN4C)c(C=O)cc3OC)cc(OCCN(C)C(=O)CCC(=O)OC)c2)c1. The molecule has 0 aromatic heterocycles. The Kier molecular flexibility index (Phi) is 15.6. The lowest BCUT2D eigenvalue weighted by atomic mass is 10.1. The number of ether oxygens (including phenoxy) is 6. The van der Waals surface area contributed by atoms with E-state index in [0.717, 1.165) is 36.1 Å². The van der Waals surface area contributed by atoms with Crippen LogP contribution in [0.2, 0.25) is 0 Å². The predicted molar refractivity (Wildman–Crippen MR) is 208 cm³/mol. The third-order valence-electron chi connectivity index (χ3n) is 8.86. The third-order valence-corrected chi connectivity index (χ3v) is 8.86. The van der Waals surface area contributed by atoms with E-state index < -0.39 is 5.97 Å². The molecule has 13 nitrogen and oxygen atoms in total. The van der Waals surface area contributed by atoms with Crippen molar-refractivity contribution in [1.29, 1.82) is 0 Å². The summed E-state index contributed by atoms with van der Waals surface area (Å²) in [7, 11) is 8.09. The number of carbonyl (C=O) groups excluding carboxylic acids is 3. The molecule has 1 saturated heterocycles. The van der Waals surface area contributed by atoms with Gasteiger partial charge in [0, 0.05) is 56.2 Å². The van der Waals surface area contributed by atoms with E-state index >= 15 is 0 Å². The highest BCUT2D eigenvalue weighted by molar-refractivity contribution is 5.87. The molecule has 1 fully saturated rings. The normalized spacial score (nSPS) is 15.1. The van der Waals surface area contributed by atoms with Crippen molar-refractivity contribution in [3.05, 3.63) is 76.9 Å². The highest BCUT2D eigenvalue weighted by atomic mass is 16.5. The fraction of sp³-hybridized carbons (Fsp3) is 0.390. The number of hydrogen-bond acceptors (Lipinski definition) is 12. The monoisotopic (exact) mass is 742 g/mol. The number of allylic oxidation sites excluding steroid dienone is 1. The molecule has 0 saturated carbocycles. The number of benzene rings is 3.